The molecular formula is C13H14ClN3O. The van der Waals surface area contributed by atoms with Crippen molar-refractivity contribution in [2.45, 2.75) is 6.92 Å². The fourth-order valence-electron chi connectivity index (χ4n) is 1.69. The first-order valence-electron chi connectivity index (χ1n) is 5.48. The van der Waals surface area contributed by atoms with Crippen LogP contribution in [0.25, 0.3) is 0 Å². The summed E-state index contributed by atoms with van der Waals surface area (Å²) in [5, 5.41) is 0.473. The minimum Gasteiger partial charge on any atom is -0.497 e. The van der Waals surface area contributed by atoms with Gasteiger partial charge in [-0.15, -0.1) is 0 Å². The maximum Gasteiger partial charge on any atom is 0.140 e. The van der Waals surface area contributed by atoms with Crippen molar-refractivity contribution in [2.24, 2.45) is 0 Å². The Morgan fingerprint density at radius 2 is 1.83 bits per heavy atom. The second-order valence-corrected chi connectivity index (χ2v) is 4.23. The van der Waals surface area contributed by atoms with Gasteiger partial charge in [-0.1, -0.05) is 11.6 Å². The number of hydrogen-bond donors (Lipinski definition) is 0. The summed E-state index contributed by atoms with van der Waals surface area (Å²) in [7, 11) is 3.58. The Balaban J connectivity index is 2.35. The van der Waals surface area contributed by atoms with Crippen molar-refractivity contribution >= 4 is 23.1 Å². The van der Waals surface area contributed by atoms with E-state index in [0.717, 1.165) is 22.8 Å². The molecule has 2 rings (SSSR count). The molecule has 0 amide bonds. The van der Waals surface area contributed by atoms with Gasteiger partial charge in [0.1, 0.15) is 23.0 Å². The third-order valence-corrected chi connectivity index (χ3v) is 3.15. The molecular weight excluding hydrogens is 250 g/mol. The van der Waals surface area contributed by atoms with Crippen molar-refractivity contribution < 1.29 is 4.74 Å². The number of rotatable bonds is 3. The fourth-order valence-corrected chi connectivity index (χ4v) is 1.81. The van der Waals surface area contributed by atoms with Crippen LogP contribution in [0.3, 0.4) is 0 Å². The number of aromatic nitrogens is 2. The molecule has 0 aliphatic heterocycles. The summed E-state index contributed by atoms with van der Waals surface area (Å²) < 4.78 is 5.13. The van der Waals surface area contributed by atoms with Crippen LogP contribution >= 0.6 is 11.6 Å². The molecule has 0 spiro atoms. The van der Waals surface area contributed by atoms with Crippen LogP contribution in [0.4, 0.5) is 11.5 Å². The molecule has 0 saturated carbocycles. The molecule has 18 heavy (non-hydrogen) atoms. The number of halogens is 1. The zero-order valence-corrected chi connectivity index (χ0v) is 11.3. The van der Waals surface area contributed by atoms with Crippen molar-refractivity contribution in [3.8, 4) is 5.75 Å². The topological polar surface area (TPSA) is 38.2 Å². The lowest BCUT2D eigenvalue weighted by molar-refractivity contribution is 0.415. The molecule has 0 aliphatic rings. The Morgan fingerprint density at radius 3 is 2.44 bits per heavy atom. The largest absolute Gasteiger partial charge is 0.497 e. The molecule has 2 aromatic rings. The van der Waals surface area contributed by atoms with E-state index < -0.39 is 0 Å². The molecule has 5 heteroatoms. The van der Waals surface area contributed by atoms with Gasteiger partial charge in [-0.3, -0.25) is 0 Å². The van der Waals surface area contributed by atoms with Gasteiger partial charge in [0.2, 0.25) is 0 Å². The van der Waals surface area contributed by atoms with E-state index in [9.17, 15) is 0 Å². The van der Waals surface area contributed by atoms with E-state index in [-0.39, 0.29) is 0 Å². The molecule has 0 atom stereocenters. The molecule has 0 radical (unpaired) electrons. The van der Waals surface area contributed by atoms with Gasteiger partial charge in [-0.05, 0) is 31.2 Å². The lowest BCUT2D eigenvalue weighted by Crippen LogP contribution is -2.13. The summed E-state index contributed by atoms with van der Waals surface area (Å²) in [4.78, 5) is 10.2. The normalized spacial score (nSPS) is 10.2. The lowest BCUT2D eigenvalue weighted by atomic mass is 10.2. The summed E-state index contributed by atoms with van der Waals surface area (Å²) in [5.41, 5.74) is 1.87. The smallest absolute Gasteiger partial charge is 0.140 e. The summed E-state index contributed by atoms with van der Waals surface area (Å²) in [5.74, 6) is 1.62. The van der Waals surface area contributed by atoms with E-state index in [1.165, 1.54) is 6.33 Å². The Morgan fingerprint density at radius 1 is 1.17 bits per heavy atom. The van der Waals surface area contributed by atoms with Crippen LogP contribution in [0, 0.1) is 6.92 Å². The Hall–Kier alpha value is -1.81. The predicted octanol–water partition coefficient (Wildman–Crippen LogP) is 3.21. The van der Waals surface area contributed by atoms with Crippen molar-refractivity contribution in [3.63, 3.8) is 0 Å². The standard InChI is InChI=1S/C13H14ClN3O/c1-9-12(14)15-8-16-13(9)17(2)10-4-6-11(18-3)7-5-10/h4-8H,1-3H3. The third-order valence-electron chi connectivity index (χ3n) is 2.77. The Labute approximate surface area is 111 Å². The molecule has 94 valence electrons. The van der Waals surface area contributed by atoms with Gasteiger partial charge in [0.25, 0.3) is 0 Å². The first-order valence-corrected chi connectivity index (χ1v) is 5.86. The third kappa shape index (κ3) is 2.38. The highest BCUT2D eigenvalue weighted by molar-refractivity contribution is 6.30. The number of hydrogen-bond acceptors (Lipinski definition) is 4. The second-order valence-electron chi connectivity index (χ2n) is 3.87. The highest BCUT2D eigenvalue weighted by Crippen LogP contribution is 2.28. The number of benzene rings is 1. The van der Waals surface area contributed by atoms with Gasteiger partial charge in [-0.2, -0.15) is 0 Å². The molecule has 0 N–H and O–H groups in total. The van der Waals surface area contributed by atoms with Crippen LogP contribution in [0.15, 0.2) is 30.6 Å². The molecule has 1 heterocycles. The summed E-state index contributed by atoms with van der Waals surface area (Å²) >= 11 is 6.00. The first-order chi connectivity index (χ1) is 8.63. The van der Waals surface area contributed by atoms with Crippen LogP contribution < -0.4 is 9.64 Å². The molecule has 1 aromatic heterocycles. The Kier molecular flexibility index (Phi) is 3.67. The van der Waals surface area contributed by atoms with Crippen molar-refractivity contribution in [2.75, 3.05) is 19.1 Å². The SMILES string of the molecule is COc1ccc(N(C)c2ncnc(Cl)c2C)cc1. The highest BCUT2D eigenvalue weighted by Gasteiger charge is 2.11. The van der Waals surface area contributed by atoms with E-state index in [1.807, 2.05) is 43.1 Å². The molecule has 0 unspecified atom stereocenters. The van der Waals surface area contributed by atoms with Gasteiger partial charge < -0.3 is 9.64 Å². The van der Waals surface area contributed by atoms with E-state index in [1.54, 1.807) is 7.11 Å². The van der Waals surface area contributed by atoms with Gasteiger partial charge in [0.15, 0.2) is 0 Å². The average Bonchev–Trinajstić information content (AvgIpc) is 2.41. The molecule has 0 fully saturated rings. The van der Waals surface area contributed by atoms with E-state index in [2.05, 4.69) is 9.97 Å². The van der Waals surface area contributed by atoms with E-state index >= 15 is 0 Å². The molecule has 1 aromatic carbocycles. The predicted molar refractivity (Wildman–Crippen MR) is 72.8 cm³/mol. The summed E-state index contributed by atoms with van der Waals surface area (Å²) in [6.07, 6.45) is 1.46. The number of methoxy groups -OCH3 is 1. The monoisotopic (exact) mass is 263 g/mol. The van der Waals surface area contributed by atoms with Crippen LogP contribution in [0.5, 0.6) is 5.75 Å². The average molecular weight is 264 g/mol. The lowest BCUT2D eigenvalue weighted by Gasteiger charge is -2.20. The van der Waals surface area contributed by atoms with Gasteiger partial charge in [0, 0.05) is 18.3 Å². The van der Waals surface area contributed by atoms with Gasteiger partial charge >= 0.3 is 0 Å². The van der Waals surface area contributed by atoms with Crippen molar-refractivity contribution in [3.05, 3.63) is 41.3 Å². The van der Waals surface area contributed by atoms with Crippen LogP contribution in [-0.2, 0) is 0 Å². The number of anilines is 2. The molecule has 0 aliphatic carbocycles. The van der Waals surface area contributed by atoms with E-state index in [4.69, 9.17) is 16.3 Å². The maximum absolute atomic E-state index is 6.00. The molecule has 0 bridgehead atoms. The molecule has 4 nitrogen and oxygen atoms in total. The summed E-state index contributed by atoms with van der Waals surface area (Å²) in [6, 6.07) is 7.75. The quantitative estimate of drug-likeness (QED) is 0.797. The van der Waals surface area contributed by atoms with Crippen molar-refractivity contribution in [1.82, 2.24) is 9.97 Å². The highest BCUT2D eigenvalue weighted by atomic mass is 35.5. The van der Waals surface area contributed by atoms with Crippen LogP contribution in [-0.4, -0.2) is 24.1 Å². The van der Waals surface area contributed by atoms with Crippen molar-refractivity contribution in [1.29, 1.82) is 0 Å². The first kappa shape index (κ1) is 12.6. The maximum atomic E-state index is 6.00. The zero-order chi connectivity index (χ0) is 13.1. The molecule has 0 saturated heterocycles. The second kappa shape index (κ2) is 5.23. The number of nitrogens with zero attached hydrogens (tertiary/aromatic N) is 3. The number of ether oxygens (including phenoxy) is 1. The van der Waals surface area contributed by atoms with Gasteiger partial charge in [0.05, 0.1) is 7.11 Å². The van der Waals surface area contributed by atoms with Crippen LogP contribution in [0.1, 0.15) is 5.56 Å². The zero-order valence-electron chi connectivity index (χ0n) is 10.5. The Bertz CT molecular complexity index is 542. The minimum atomic E-state index is 0.473. The van der Waals surface area contributed by atoms with Gasteiger partial charge in [-0.25, -0.2) is 9.97 Å². The minimum absolute atomic E-state index is 0.473. The fraction of sp³-hybridized carbons (Fsp3) is 0.231. The summed E-state index contributed by atoms with van der Waals surface area (Å²) in [6.45, 7) is 1.90. The van der Waals surface area contributed by atoms with Crippen LogP contribution in [0.2, 0.25) is 5.15 Å². The van der Waals surface area contributed by atoms with E-state index in [0.29, 0.717) is 5.15 Å².